The molecule has 0 saturated carbocycles. The van der Waals surface area contributed by atoms with E-state index in [0.29, 0.717) is 0 Å². The fourth-order valence-corrected chi connectivity index (χ4v) is 9.88. The Morgan fingerprint density at radius 2 is 0.964 bits per heavy atom. The molecule has 0 atom stereocenters. The highest BCUT2D eigenvalue weighted by Crippen LogP contribution is 2.61. The van der Waals surface area contributed by atoms with Crippen molar-refractivity contribution in [2.45, 2.75) is 5.41 Å². The first-order chi connectivity index (χ1) is 27.8. The zero-order chi connectivity index (χ0) is 36.8. The van der Waals surface area contributed by atoms with Crippen LogP contribution < -0.4 is 0 Å². The molecule has 0 N–H and O–H groups in total. The molecule has 11 aromatic rings. The topological polar surface area (TPSA) is 13.1 Å². The Morgan fingerprint density at radius 3 is 1.71 bits per heavy atom. The molecule has 0 amide bonds. The Morgan fingerprint density at radius 1 is 0.339 bits per heavy atom. The van der Waals surface area contributed by atoms with E-state index in [0.717, 1.165) is 27.5 Å². The molecule has 12 rings (SSSR count). The van der Waals surface area contributed by atoms with Gasteiger partial charge in [0, 0.05) is 10.8 Å². The van der Waals surface area contributed by atoms with Crippen molar-refractivity contribution in [2.75, 3.05) is 0 Å². The van der Waals surface area contributed by atoms with Gasteiger partial charge in [-0.2, -0.15) is 0 Å². The van der Waals surface area contributed by atoms with Gasteiger partial charge in [-0.15, -0.1) is 0 Å². The molecule has 56 heavy (non-hydrogen) atoms. The van der Waals surface area contributed by atoms with Crippen LogP contribution in [0.5, 0.6) is 0 Å². The second-order valence-corrected chi connectivity index (χ2v) is 15.2. The van der Waals surface area contributed by atoms with Crippen LogP contribution in [0.2, 0.25) is 0 Å². The normalized spacial score (nSPS) is 13.1. The Kier molecular flexibility index (Phi) is 6.62. The van der Waals surface area contributed by atoms with E-state index in [2.05, 4.69) is 206 Å². The van der Waals surface area contributed by atoms with Gasteiger partial charge < -0.3 is 4.42 Å². The number of benzene rings is 10. The zero-order valence-corrected chi connectivity index (χ0v) is 30.5. The number of hydrogen-bond donors (Lipinski definition) is 0. The van der Waals surface area contributed by atoms with Gasteiger partial charge in [-0.3, -0.25) is 0 Å². The Labute approximate surface area is 324 Å². The lowest BCUT2D eigenvalue weighted by Crippen LogP contribution is -2.29. The molecule has 0 fully saturated rings. The maximum absolute atomic E-state index is 6.66. The molecule has 0 aliphatic heterocycles. The summed E-state index contributed by atoms with van der Waals surface area (Å²) in [5.74, 6) is 0. The lowest BCUT2D eigenvalue weighted by atomic mass is 9.66. The predicted octanol–water partition coefficient (Wildman–Crippen LogP) is 14.7. The average Bonchev–Trinajstić information content (AvgIpc) is 3.79. The van der Waals surface area contributed by atoms with Crippen LogP contribution in [0.15, 0.2) is 211 Å². The third-order valence-corrected chi connectivity index (χ3v) is 12.3. The van der Waals surface area contributed by atoms with Crippen LogP contribution >= 0.6 is 0 Å². The fraction of sp³-hybridized carbons (Fsp3) is 0.0182. The van der Waals surface area contributed by atoms with Crippen LogP contribution in [0.4, 0.5) is 0 Å². The highest BCUT2D eigenvalue weighted by molar-refractivity contribution is 6.16. The van der Waals surface area contributed by atoms with Crippen LogP contribution in [0.25, 0.3) is 87.6 Å². The smallest absolute Gasteiger partial charge is 0.136 e. The van der Waals surface area contributed by atoms with E-state index in [1.54, 1.807) is 0 Å². The molecule has 0 radical (unpaired) electrons. The summed E-state index contributed by atoms with van der Waals surface area (Å²) in [4.78, 5) is 0. The van der Waals surface area contributed by atoms with Crippen LogP contribution in [0.3, 0.4) is 0 Å². The third kappa shape index (κ3) is 4.37. The highest BCUT2D eigenvalue weighted by atomic mass is 16.3. The molecule has 0 spiro atoms. The summed E-state index contributed by atoms with van der Waals surface area (Å²) in [6.45, 7) is 0. The Hall–Kier alpha value is -7.22. The minimum atomic E-state index is -0.599. The number of fused-ring (bicyclic) bond motifs is 10. The van der Waals surface area contributed by atoms with Gasteiger partial charge in [0.15, 0.2) is 0 Å². The molecule has 260 valence electrons. The van der Waals surface area contributed by atoms with E-state index >= 15 is 0 Å². The van der Waals surface area contributed by atoms with E-state index in [9.17, 15) is 0 Å². The maximum atomic E-state index is 6.66. The summed E-state index contributed by atoms with van der Waals surface area (Å²) in [6.07, 6.45) is 0. The minimum Gasteiger partial charge on any atom is -0.456 e. The van der Waals surface area contributed by atoms with E-state index in [1.807, 2.05) is 0 Å². The van der Waals surface area contributed by atoms with E-state index < -0.39 is 5.41 Å². The zero-order valence-electron chi connectivity index (χ0n) is 30.5. The number of rotatable bonds is 4. The second-order valence-electron chi connectivity index (χ2n) is 15.2. The van der Waals surface area contributed by atoms with Crippen molar-refractivity contribution >= 4 is 54.3 Å². The Bertz CT molecular complexity index is 3310. The van der Waals surface area contributed by atoms with Crippen molar-refractivity contribution in [3.63, 3.8) is 0 Å². The molecule has 1 heterocycles. The van der Waals surface area contributed by atoms with Gasteiger partial charge >= 0.3 is 0 Å². The average molecular weight is 711 g/mol. The molecular formula is C55H34O. The van der Waals surface area contributed by atoms with Crippen molar-refractivity contribution in [1.29, 1.82) is 0 Å². The van der Waals surface area contributed by atoms with Crippen molar-refractivity contribution < 1.29 is 4.42 Å². The molecule has 1 aromatic heterocycles. The van der Waals surface area contributed by atoms with Gasteiger partial charge in [-0.05, 0) is 124 Å². The summed E-state index contributed by atoms with van der Waals surface area (Å²) in [6, 6.07) is 76.1. The lowest BCUT2D eigenvalue weighted by Gasteiger charge is -2.35. The molecule has 0 unspecified atom stereocenters. The van der Waals surface area contributed by atoms with Gasteiger partial charge in [0.05, 0.1) is 5.41 Å². The summed E-state index contributed by atoms with van der Waals surface area (Å²) in [7, 11) is 0. The van der Waals surface area contributed by atoms with Crippen LogP contribution in [-0.2, 0) is 5.41 Å². The molecule has 10 aromatic carbocycles. The first-order valence-electron chi connectivity index (χ1n) is 19.4. The summed E-state index contributed by atoms with van der Waals surface area (Å²) in [5, 5.41) is 9.64. The fourth-order valence-electron chi connectivity index (χ4n) is 9.88. The minimum absolute atomic E-state index is 0.599. The Balaban J connectivity index is 1.27. The van der Waals surface area contributed by atoms with Gasteiger partial charge in [0.2, 0.25) is 0 Å². The summed E-state index contributed by atoms with van der Waals surface area (Å²) < 4.78 is 6.66. The van der Waals surface area contributed by atoms with E-state index in [1.165, 1.54) is 82.4 Å². The lowest BCUT2D eigenvalue weighted by molar-refractivity contribution is 0.669. The van der Waals surface area contributed by atoms with Crippen LogP contribution in [-0.4, -0.2) is 0 Å². The molecule has 1 nitrogen and oxygen atoms in total. The van der Waals surface area contributed by atoms with Crippen LogP contribution in [0, 0.1) is 0 Å². The molecule has 0 bridgehead atoms. The van der Waals surface area contributed by atoms with Crippen molar-refractivity contribution in [2.24, 2.45) is 0 Å². The van der Waals surface area contributed by atoms with Crippen molar-refractivity contribution in [3.05, 3.63) is 229 Å². The molecule has 1 heteroatoms. The first-order valence-corrected chi connectivity index (χ1v) is 19.4. The SMILES string of the molecule is c1ccc(C2(c3ccccc3)c3cc(-c4cccc5oc6cc7ccccc7cc6c45)cc(-c4ccc5ccccc5c4)c3-c3ccc4ccccc4c32)cc1. The van der Waals surface area contributed by atoms with E-state index in [-0.39, 0.29) is 0 Å². The molecule has 0 saturated heterocycles. The predicted molar refractivity (Wildman–Crippen MR) is 234 cm³/mol. The van der Waals surface area contributed by atoms with Gasteiger partial charge in [0.1, 0.15) is 11.2 Å². The van der Waals surface area contributed by atoms with Crippen molar-refractivity contribution in [3.8, 4) is 33.4 Å². The third-order valence-electron chi connectivity index (χ3n) is 12.3. The second kappa shape index (κ2) is 11.9. The molecular weight excluding hydrogens is 677 g/mol. The largest absolute Gasteiger partial charge is 0.456 e. The first kappa shape index (κ1) is 31.2. The number of hydrogen-bond acceptors (Lipinski definition) is 1. The monoisotopic (exact) mass is 710 g/mol. The standard InChI is InChI=1S/C55H34O/c1-3-19-42(20-4-1)55(43-21-5-2-6-22-43)49-33-41(44-24-13-25-50-53(44)48-31-38-17-9-10-18-39(38)34-51(48)56-50)32-47(40-27-26-35-14-7-8-16-37(35)30-40)52(49)46-29-28-36-15-11-12-23-45(36)54(46)55/h1-34H. The maximum Gasteiger partial charge on any atom is 0.136 e. The summed E-state index contributed by atoms with van der Waals surface area (Å²) >= 11 is 0. The van der Waals surface area contributed by atoms with E-state index in [4.69, 9.17) is 4.42 Å². The molecule has 1 aliphatic rings. The molecule has 1 aliphatic carbocycles. The van der Waals surface area contributed by atoms with Crippen LogP contribution in [0.1, 0.15) is 22.3 Å². The highest BCUT2D eigenvalue weighted by Gasteiger charge is 2.48. The van der Waals surface area contributed by atoms with Gasteiger partial charge in [-0.25, -0.2) is 0 Å². The van der Waals surface area contributed by atoms with Gasteiger partial charge in [0.25, 0.3) is 0 Å². The summed E-state index contributed by atoms with van der Waals surface area (Å²) in [5.41, 5.74) is 13.7. The van der Waals surface area contributed by atoms with Gasteiger partial charge in [-0.1, -0.05) is 170 Å². The number of furan rings is 1. The van der Waals surface area contributed by atoms with Crippen molar-refractivity contribution in [1.82, 2.24) is 0 Å². The quantitative estimate of drug-likeness (QED) is 0.177.